The molecule has 4 nitrogen and oxygen atoms in total. The van der Waals surface area contributed by atoms with Gasteiger partial charge in [0.15, 0.2) is 0 Å². The van der Waals surface area contributed by atoms with Crippen molar-refractivity contribution in [1.82, 2.24) is 15.5 Å². The van der Waals surface area contributed by atoms with E-state index in [1.54, 1.807) is 0 Å². The van der Waals surface area contributed by atoms with Crippen molar-refractivity contribution in [2.45, 2.75) is 32.9 Å². The molecule has 3 rings (SSSR count). The zero-order valence-corrected chi connectivity index (χ0v) is 14.5. The molecular weight excluding hydrogens is 322 g/mol. The normalized spacial score (nSPS) is 12.3. The Bertz CT molecular complexity index is 798. The zero-order chi connectivity index (χ0) is 16.9. The van der Waals surface area contributed by atoms with Gasteiger partial charge in [0.1, 0.15) is 0 Å². The van der Waals surface area contributed by atoms with Crippen molar-refractivity contribution in [2.75, 3.05) is 0 Å². The molecule has 0 bridgehead atoms. The van der Waals surface area contributed by atoms with Gasteiger partial charge in [0.05, 0.1) is 6.54 Å². The second-order valence-electron chi connectivity index (χ2n) is 5.72. The van der Waals surface area contributed by atoms with Gasteiger partial charge >= 0.3 is 0 Å². The van der Waals surface area contributed by atoms with E-state index in [1.165, 1.54) is 5.56 Å². The van der Waals surface area contributed by atoms with Crippen LogP contribution in [-0.4, -0.2) is 10.1 Å². The number of benzene rings is 2. The van der Waals surface area contributed by atoms with Gasteiger partial charge in [-0.05, 0) is 36.6 Å². The lowest BCUT2D eigenvalue weighted by Crippen LogP contribution is -2.18. The van der Waals surface area contributed by atoms with Crippen molar-refractivity contribution >= 4 is 11.6 Å². The lowest BCUT2D eigenvalue weighted by atomic mass is 10.1. The van der Waals surface area contributed by atoms with E-state index in [0.29, 0.717) is 18.3 Å². The number of aromatic nitrogens is 2. The first kappa shape index (κ1) is 16.7. The summed E-state index contributed by atoms with van der Waals surface area (Å²) >= 11 is 6.03. The van der Waals surface area contributed by atoms with E-state index in [9.17, 15) is 0 Å². The summed E-state index contributed by atoms with van der Waals surface area (Å²) in [7, 11) is 0. The van der Waals surface area contributed by atoms with Crippen molar-refractivity contribution in [1.29, 1.82) is 0 Å². The van der Waals surface area contributed by atoms with Crippen molar-refractivity contribution in [3.05, 3.63) is 70.6 Å². The van der Waals surface area contributed by atoms with Gasteiger partial charge in [-0.1, -0.05) is 60.1 Å². The maximum absolute atomic E-state index is 6.03. The Morgan fingerprint density at radius 3 is 2.67 bits per heavy atom. The Kier molecular flexibility index (Phi) is 5.28. The summed E-state index contributed by atoms with van der Waals surface area (Å²) in [6.07, 6.45) is 1.02. The first-order valence-electron chi connectivity index (χ1n) is 8.06. The second-order valence-corrected chi connectivity index (χ2v) is 6.16. The summed E-state index contributed by atoms with van der Waals surface area (Å²) in [6.45, 7) is 4.72. The second kappa shape index (κ2) is 7.60. The number of hydrogen-bond acceptors (Lipinski definition) is 4. The average molecular weight is 342 g/mol. The molecule has 0 radical (unpaired) electrons. The number of aryl methyl sites for hydroxylation is 1. The molecule has 0 amide bonds. The third-order valence-electron chi connectivity index (χ3n) is 4.00. The first-order valence-corrected chi connectivity index (χ1v) is 8.44. The first-order chi connectivity index (χ1) is 11.7. The molecular formula is C19H20ClN3O. The molecule has 0 aliphatic rings. The van der Waals surface area contributed by atoms with Crippen molar-refractivity contribution < 1.29 is 4.52 Å². The molecule has 2 aromatic carbocycles. The lowest BCUT2D eigenvalue weighted by Gasteiger charge is -2.12. The minimum Gasteiger partial charge on any atom is -0.338 e. The standard InChI is InChI=1S/C19H20ClN3O/c1-3-14-7-9-15(10-8-14)19-22-18(24-23-19)12-21-13(2)16-5-4-6-17(20)11-16/h4-11,13,21H,3,12H2,1-2H3/t13-/m1/s1. The van der Waals surface area contributed by atoms with Gasteiger partial charge in [0, 0.05) is 16.6 Å². The number of rotatable bonds is 6. The molecule has 0 unspecified atom stereocenters. The van der Waals surface area contributed by atoms with Crippen molar-refractivity contribution in [3.63, 3.8) is 0 Å². The molecule has 3 aromatic rings. The van der Waals surface area contributed by atoms with Crippen LogP contribution in [0.5, 0.6) is 0 Å². The van der Waals surface area contributed by atoms with E-state index in [4.69, 9.17) is 16.1 Å². The predicted octanol–water partition coefficient (Wildman–Crippen LogP) is 4.80. The van der Waals surface area contributed by atoms with E-state index in [0.717, 1.165) is 22.6 Å². The number of hydrogen-bond donors (Lipinski definition) is 1. The smallest absolute Gasteiger partial charge is 0.240 e. The molecule has 0 saturated carbocycles. The molecule has 1 N–H and O–H groups in total. The quantitative estimate of drug-likeness (QED) is 0.699. The van der Waals surface area contributed by atoms with Crippen LogP contribution in [0.4, 0.5) is 0 Å². The van der Waals surface area contributed by atoms with Crippen molar-refractivity contribution in [3.8, 4) is 11.4 Å². The van der Waals surface area contributed by atoms with Crippen LogP contribution in [0, 0.1) is 0 Å². The molecule has 1 atom stereocenters. The van der Waals surface area contributed by atoms with E-state index in [2.05, 4.69) is 41.4 Å². The number of halogens is 1. The summed E-state index contributed by atoms with van der Waals surface area (Å²) in [5.41, 5.74) is 3.38. The fourth-order valence-corrected chi connectivity index (χ4v) is 2.67. The van der Waals surface area contributed by atoms with Gasteiger partial charge in [0.2, 0.25) is 11.7 Å². The molecule has 0 fully saturated rings. The third kappa shape index (κ3) is 4.02. The molecule has 0 spiro atoms. The molecule has 1 heterocycles. The van der Waals surface area contributed by atoms with Gasteiger partial charge < -0.3 is 9.84 Å². The number of nitrogens with one attached hydrogen (secondary N) is 1. The third-order valence-corrected chi connectivity index (χ3v) is 4.23. The summed E-state index contributed by atoms with van der Waals surface area (Å²) in [4.78, 5) is 4.45. The molecule has 0 aliphatic heterocycles. The van der Waals surface area contributed by atoms with E-state index in [1.807, 2.05) is 36.4 Å². The van der Waals surface area contributed by atoms with Crippen LogP contribution < -0.4 is 5.32 Å². The Morgan fingerprint density at radius 2 is 1.96 bits per heavy atom. The van der Waals surface area contributed by atoms with Crippen LogP contribution in [0.2, 0.25) is 5.02 Å². The zero-order valence-electron chi connectivity index (χ0n) is 13.8. The highest BCUT2D eigenvalue weighted by Crippen LogP contribution is 2.19. The monoisotopic (exact) mass is 341 g/mol. The molecule has 24 heavy (non-hydrogen) atoms. The maximum atomic E-state index is 6.03. The summed E-state index contributed by atoms with van der Waals surface area (Å²) in [5.74, 6) is 1.18. The van der Waals surface area contributed by atoms with E-state index < -0.39 is 0 Å². The van der Waals surface area contributed by atoms with Crippen LogP contribution in [0.15, 0.2) is 53.1 Å². The molecule has 1 aromatic heterocycles. The minimum atomic E-state index is 0.142. The lowest BCUT2D eigenvalue weighted by molar-refractivity contribution is 0.360. The van der Waals surface area contributed by atoms with Gasteiger partial charge in [-0.15, -0.1) is 0 Å². The Hall–Kier alpha value is -2.17. The van der Waals surface area contributed by atoms with Crippen LogP contribution in [0.25, 0.3) is 11.4 Å². The molecule has 0 saturated heterocycles. The summed E-state index contributed by atoms with van der Waals surface area (Å²) in [5, 5.41) is 8.16. The van der Waals surface area contributed by atoms with Crippen LogP contribution in [0.1, 0.15) is 36.9 Å². The van der Waals surface area contributed by atoms with Gasteiger partial charge in [-0.25, -0.2) is 0 Å². The fraction of sp³-hybridized carbons (Fsp3) is 0.263. The van der Waals surface area contributed by atoms with Crippen molar-refractivity contribution in [2.24, 2.45) is 0 Å². The minimum absolute atomic E-state index is 0.142. The molecule has 124 valence electrons. The highest BCUT2D eigenvalue weighted by atomic mass is 35.5. The van der Waals surface area contributed by atoms with Gasteiger partial charge in [-0.3, -0.25) is 0 Å². The van der Waals surface area contributed by atoms with Gasteiger partial charge in [0.25, 0.3) is 0 Å². The van der Waals surface area contributed by atoms with E-state index in [-0.39, 0.29) is 6.04 Å². The Balaban J connectivity index is 1.63. The van der Waals surface area contributed by atoms with Crippen LogP contribution in [-0.2, 0) is 13.0 Å². The van der Waals surface area contributed by atoms with Crippen LogP contribution >= 0.6 is 11.6 Å². The van der Waals surface area contributed by atoms with Crippen LogP contribution in [0.3, 0.4) is 0 Å². The molecule has 0 aliphatic carbocycles. The fourth-order valence-electron chi connectivity index (χ4n) is 2.47. The average Bonchev–Trinajstić information content (AvgIpc) is 3.09. The molecule has 5 heteroatoms. The SMILES string of the molecule is CCc1ccc(-c2noc(CN[C@H](C)c3cccc(Cl)c3)n2)cc1. The topological polar surface area (TPSA) is 51.0 Å². The number of nitrogens with zero attached hydrogens (tertiary/aromatic N) is 2. The highest BCUT2D eigenvalue weighted by molar-refractivity contribution is 6.30. The van der Waals surface area contributed by atoms with E-state index >= 15 is 0 Å². The predicted molar refractivity (Wildman–Crippen MR) is 95.8 cm³/mol. The largest absolute Gasteiger partial charge is 0.338 e. The highest BCUT2D eigenvalue weighted by Gasteiger charge is 2.11. The maximum Gasteiger partial charge on any atom is 0.240 e. The summed E-state index contributed by atoms with van der Waals surface area (Å²) in [6, 6.07) is 16.2. The Labute approximate surface area is 146 Å². The Morgan fingerprint density at radius 1 is 1.17 bits per heavy atom. The summed E-state index contributed by atoms with van der Waals surface area (Å²) < 4.78 is 5.34. The van der Waals surface area contributed by atoms with Gasteiger partial charge in [-0.2, -0.15) is 4.98 Å².